The van der Waals surface area contributed by atoms with Crippen LogP contribution in [0.4, 0.5) is 15.3 Å². The fourth-order valence-corrected chi connectivity index (χ4v) is 5.41. The van der Waals surface area contributed by atoms with Crippen LogP contribution in [0.25, 0.3) is 0 Å². The molecule has 0 saturated carbocycles. The fraction of sp³-hybridized carbons (Fsp3) is 0.257. The number of nitrogens with one attached hydrogen (secondary N) is 2. The molecule has 0 spiro atoms. The highest BCUT2D eigenvalue weighted by atomic mass is 16.6. The molecule has 12 nitrogen and oxygen atoms in total. The number of urea groups is 1. The van der Waals surface area contributed by atoms with Crippen LogP contribution in [0.1, 0.15) is 36.1 Å². The number of pyridine rings is 2. The average Bonchev–Trinajstić information content (AvgIpc) is 3.11. The number of imide groups is 1. The van der Waals surface area contributed by atoms with Crippen LogP contribution in [0, 0.1) is 5.92 Å². The summed E-state index contributed by atoms with van der Waals surface area (Å²) < 4.78 is 10.5. The predicted molar refractivity (Wildman–Crippen MR) is 174 cm³/mol. The molecule has 5 amide bonds. The van der Waals surface area contributed by atoms with Crippen molar-refractivity contribution in [2.75, 3.05) is 19.1 Å². The Morgan fingerprint density at radius 3 is 2.36 bits per heavy atom. The number of carbonyl (C=O) groups is 4. The number of hydrogen-bond acceptors (Lipinski definition) is 8. The second-order valence-corrected chi connectivity index (χ2v) is 11.0. The Balaban J connectivity index is 1.30. The number of likely N-dealkylation sites (N-methyl/N-ethyl adjacent to an activating group) is 1. The largest absolute Gasteiger partial charge is 0.497 e. The van der Waals surface area contributed by atoms with E-state index in [1.807, 2.05) is 49.4 Å². The van der Waals surface area contributed by atoms with Gasteiger partial charge in [-0.05, 0) is 59.9 Å². The molecule has 0 bridgehead atoms. The maximum absolute atomic E-state index is 13.9. The van der Waals surface area contributed by atoms with Crippen molar-refractivity contribution in [1.82, 2.24) is 25.5 Å². The summed E-state index contributed by atoms with van der Waals surface area (Å²) in [5.74, 6) is -1.01. The molecule has 47 heavy (non-hydrogen) atoms. The summed E-state index contributed by atoms with van der Waals surface area (Å²) in [6.07, 6.45) is 4.58. The molecule has 3 heterocycles. The van der Waals surface area contributed by atoms with E-state index in [1.165, 1.54) is 11.1 Å². The van der Waals surface area contributed by atoms with Gasteiger partial charge in [0.2, 0.25) is 11.8 Å². The third-order valence-electron chi connectivity index (χ3n) is 8.02. The van der Waals surface area contributed by atoms with E-state index in [2.05, 4.69) is 20.6 Å². The molecule has 5 rings (SSSR count). The van der Waals surface area contributed by atoms with E-state index >= 15 is 0 Å². The van der Waals surface area contributed by atoms with Gasteiger partial charge in [-0.1, -0.05) is 49.4 Å². The van der Waals surface area contributed by atoms with E-state index in [4.69, 9.17) is 9.47 Å². The van der Waals surface area contributed by atoms with Crippen molar-refractivity contribution in [3.8, 4) is 11.6 Å². The zero-order valence-corrected chi connectivity index (χ0v) is 26.3. The highest BCUT2D eigenvalue weighted by Gasteiger charge is 2.55. The van der Waals surface area contributed by atoms with Crippen molar-refractivity contribution in [2.24, 2.45) is 5.92 Å². The Labute approximate surface area is 272 Å². The minimum atomic E-state index is -1.07. The number of aromatic nitrogens is 2. The van der Waals surface area contributed by atoms with E-state index in [9.17, 15) is 19.2 Å². The molecule has 2 N–H and O–H groups in total. The van der Waals surface area contributed by atoms with Crippen molar-refractivity contribution in [3.05, 3.63) is 114 Å². The van der Waals surface area contributed by atoms with Gasteiger partial charge in [0, 0.05) is 43.9 Å². The maximum atomic E-state index is 13.9. The third-order valence-corrected chi connectivity index (χ3v) is 8.02. The van der Waals surface area contributed by atoms with Gasteiger partial charge in [0.1, 0.15) is 11.8 Å². The van der Waals surface area contributed by atoms with Gasteiger partial charge in [0.15, 0.2) is 0 Å². The zero-order chi connectivity index (χ0) is 33.3. The molecule has 1 unspecified atom stereocenters. The van der Waals surface area contributed by atoms with Crippen LogP contribution < -0.4 is 25.0 Å². The van der Waals surface area contributed by atoms with Crippen LogP contribution in [0.15, 0.2) is 97.5 Å². The SMILES string of the molecule is CCC(NC(=O)N1C(=O)[C@H](Cc2ccnc(OC(=O)NCc3ccc(OC)cc3)c2)[C@H]1C(=O)N(C)c1ccncc1)c1ccccc1. The fourth-order valence-electron chi connectivity index (χ4n) is 5.41. The Hall–Kier alpha value is -5.78. The number of anilines is 1. The first-order chi connectivity index (χ1) is 22.8. The number of methoxy groups -OCH3 is 1. The van der Waals surface area contributed by atoms with Gasteiger partial charge >= 0.3 is 12.1 Å². The van der Waals surface area contributed by atoms with Crippen molar-refractivity contribution in [2.45, 2.75) is 38.4 Å². The summed E-state index contributed by atoms with van der Waals surface area (Å²) in [6.45, 7) is 2.16. The van der Waals surface area contributed by atoms with Gasteiger partial charge in [0.25, 0.3) is 5.91 Å². The molecule has 12 heteroatoms. The molecule has 0 radical (unpaired) electrons. The van der Waals surface area contributed by atoms with Gasteiger partial charge in [0.05, 0.1) is 19.1 Å². The molecule has 1 saturated heterocycles. The minimum absolute atomic E-state index is 0.0292. The molecule has 1 aliphatic heterocycles. The number of benzene rings is 2. The average molecular weight is 637 g/mol. The van der Waals surface area contributed by atoms with Crippen LogP contribution in [0.3, 0.4) is 0 Å². The lowest BCUT2D eigenvalue weighted by molar-refractivity contribution is -0.156. The van der Waals surface area contributed by atoms with Crippen LogP contribution in [0.5, 0.6) is 11.6 Å². The van der Waals surface area contributed by atoms with Gasteiger partial charge in [-0.25, -0.2) is 14.6 Å². The first kappa shape index (κ1) is 32.6. The molecule has 1 aliphatic rings. The molecule has 242 valence electrons. The van der Waals surface area contributed by atoms with E-state index < -0.39 is 35.9 Å². The second kappa shape index (κ2) is 15.0. The van der Waals surface area contributed by atoms with Gasteiger partial charge in [-0.15, -0.1) is 0 Å². The van der Waals surface area contributed by atoms with E-state index in [1.54, 1.807) is 62.9 Å². The monoisotopic (exact) mass is 636 g/mol. The maximum Gasteiger partial charge on any atom is 0.414 e. The van der Waals surface area contributed by atoms with Crippen molar-refractivity contribution in [3.63, 3.8) is 0 Å². The summed E-state index contributed by atoms with van der Waals surface area (Å²) in [7, 11) is 3.17. The van der Waals surface area contributed by atoms with Crippen molar-refractivity contribution >= 4 is 29.6 Å². The number of β-lactam (4-membered cyclic amide) rings is 1. The molecule has 0 aliphatic carbocycles. The van der Waals surface area contributed by atoms with Crippen LogP contribution in [-0.2, 0) is 22.6 Å². The highest BCUT2D eigenvalue weighted by molar-refractivity contribution is 6.12. The van der Waals surface area contributed by atoms with Gasteiger partial charge < -0.3 is 25.0 Å². The molecule has 2 aromatic carbocycles. The number of rotatable bonds is 11. The molecule has 2 aromatic heterocycles. The number of nitrogens with zero attached hydrogens (tertiary/aromatic N) is 4. The van der Waals surface area contributed by atoms with Crippen LogP contribution in [0.2, 0.25) is 0 Å². The Kier molecular flexibility index (Phi) is 10.4. The van der Waals surface area contributed by atoms with E-state index in [0.717, 1.165) is 16.0 Å². The van der Waals surface area contributed by atoms with E-state index in [-0.39, 0.29) is 24.9 Å². The van der Waals surface area contributed by atoms with Crippen molar-refractivity contribution < 1.29 is 28.7 Å². The lowest BCUT2D eigenvalue weighted by Gasteiger charge is -2.46. The lowest BCUT2D eigenvalue weighted by atomic mass is 9.81. The number of ether oxygens (including phenoxy) is 2. The summed E-state index contributed by atoms with van der Waals surface area (Å²) in [5.41, 5.74) is 2.92. The van der Waals surface area contributed by atoms with E-state index in [0.29, 0.717) is 23.4 Å². The molecular formula is C35H36N6O6. The Morgan fingerprint density at radius 2 is 1.68 bits per heavy atom. The summed E-state index contributed by atoms with van der Waals surface area (Å²) in [6, 6.07) is 21.2. The quantitative estimate of drug-likeness (QED) is 0.226. The van der Waals surface area contributed by atoms with Crippen LogP contribution in [-0.4, -0.2) is 59.0 Å². The zero-order valence-electron chi connectivity index (χ0n) is 26.3. The number of hydrogen-bond donors (Lipinski definition) is 2. The Bertz CT molecular complexity index is 1700. The normalized spacial score (nSPS) is 16.0. The van der Waals surface area contributed by atoms with Crippen LogP contribution >= 0.6 is 0 Å². The molecular weight excluding hydrogens is 600 g/mol. The Morgan fingerprint density at radius 1 is 0.957 bits per heavy atom. The van der Waals surface area contributed by atoms with Crippen molar-refractivity contribution in [1.29, 1.82) is 0 Å². The second-order valence-electron chi connectivity index (χ2n) is 11.0. The predicted octanol–water partition coefficient (Wildman–Crippen LogP) is 4.67. The first-order valence-electron chi connectivity index (χ1n) is 15.2. The minimum Gasteiger partial charge on any atom is -0.497 e. The first-order valence-corrected chi connectivity index (χ1v) is 15.2. The summed E-state index contributed by atoms with van der Waals surface area (Å²) in [5, 5.41) is 5.60. The lowest BCUT2D eigenvalue weighted by Crippen LogP contribution is -2.70. The van der Waals surface area contributed by atoms with Gasteiger partial charge in [-0.3, -0.25) is 19.5 Å². The third kappa shape index (κ3) is 7.72. The molecule has 4 aromatic rings. The molecule has 3 atom stereocenters. The summed E-state index contributed by atoms with van der Waals surface area (Å²) in [4.78, 5) is 64.0. The standard InChI is InChI=1S/C35H36N6O6/c1-4-29(25-8-6-5-7-9-25)39-34(44)41-31(33(43)40(2)26-15-17-36-18-16-26)28(32(41)42)20-24-14-19-37-30(21-24)47-35(45)38-22-23-10-12-27(46-3)13-11-23/h5-19,21,28-29,31H,4,20,22H2,1-3H3,(H,38,45)(H,39,44)/t28-,29?,31+/m1/s1. The number of likely N-dealkylation sites (tertiary alicyclic amines) is 1. The number of carbonyl (C=O) groups excluding carboxylic acids is 4. The topological polar surface area (TPSA) is 143 Å². The summed E-state index contributed by atoms with van der Waals surface area (Å²) >= 11 is 0. The number of amides is 5. The molecule has 1 fully saturated rings. The van der Waals surface area contributed by atoms with Gasteiger partial charge in [-0.2, -0.15) is 0 Å². The smallest absolute Gasteiger partial charge is 0.414 e. The highest BCUT2D eigenvalue weighted by Crippen LogP contribution is 2.33.